The highest BCUT2D eigenvalue weighted by molar-refractivity contribution is 9.10. The van der Waals surface area contributed by atoms with E-state index in [-0.39, 0.29) is 0 Å². The van der Waals surface area contributed by atoms with Crippen molar-refractivity contribution in [3.63, 3.8) is 0 Å². The fraction of sp³-hybridized carbons (Fsp3) is 0.158. The van der Waals surface area contributed by atoms with E-state index in [1.165, 1.54) is 26.5 Å². The number of benzene rings is 3. The Bertz CT molecular complexity index is 776. The molecule has 0 spiro atoms. The van der Waals surface area contributed by atoms with Crippen LogP contribution in [0, 0.1) is 0 Å². The van der Waals surface area contributed by atoms with Crippen LogP contribution in [0.3, 0.4) is 0 Å². The van der Waals surface area contributed by atoms with Gasteiger partial charge in [-0.25, -0.2) is 0 Å². The summed E-state index contributed by atoms with van der Waals surface area (Å²) in [5, 5.41) is 2.62. The minimum Gasteiger partial charge on any atom is -0.370 e. The molecule has 3 aromatic rings. The van der Waals surface area contributed by atoms with Gasteiger partial charge in [0.05, 0.1) is 0 Å². The highest BCUT2D eigenvalue weighted by Crippen LogP contribution is 2.37. The van der Waals surface area contributed by atoms with Gasteiger partial charge in [-0.15, -0.1) is 0 Å². The molecule has 0 radical (unpaired) electrons. The Kier molecular flexibility index (Phi) is 3.19. The minimum absolute atomic E-state index is 0.661. The molecule has 1 saturated heterocycles. The quantitative estimate of drug-likeness (QED) is 0.620. The van der Waals surface area contributed by atoms with Crippen LogP contribution in [-0.2, 0) is 0 Å². The van der Waals surface area contributed by atoms with E-state index in [4.69, 9.17) is 0 Å². The second-order valence-electron chi connectivity index (χ2n) is 5.62. The van der Waals surface area contributed by atoms with E-state index in [1.54, 1.807) is 0 Å². The van der Waals surface area contributed by atoms with Gasteiger partial charge in [0.1, 0.15) is 0 Å². The summed E-state index contributed by atoms with van der Waals surface area (Å²) in [7, 11) is 0. The molecule has 4 rings (SSSR count). The fourth-order valence-electron chi connectivity index (χ4n) is 3.13. The molecule has 0 amide bonds. The van der Waals surface area contributed by atoms with Crippen molar-refractivity contribution in [2.24, 2.45) is 0 Å². The number of halogens is 1. The van der Waals surface area contributed by atoms with Gasteiger partial charge in [0, 0.05) is 34.6 Å². The highest BCUT2D eigenvalue weighted by atomic mass is 79.9. The van der Waals surface area contributed by atoms with Crippen molar-refractivity contribution in [1.29, 1.82) is 0 Å². The molecule has 0 aromatic heterocycles. The Morgan fingerprint density at radius 1 is 0.762 bits per heavy atom. The van der Waals surface area contributed by atoms with Gasteiger partial charge < -0.3 is 4.90 Å². The molecule has 0 aliphatic carbocycles. The first kappa shape index (κ1) is 12.9. The highest BCUT2D eigenvalue weighted by Gasteiger charge is 2.29. The zero-order valence-electron chi connectivity index (χ0n) is 11.7. The Hall–Kier alpha value is -1.80. The van der Waals surface area contributed by atoms with E-state index in [9.17, 15) is 0 Å². The summed E-state index contributed by atoms with van der Waals surface area (Å²) in [6.07, 6.45) is 0. The largest absolute Gasteiger partial charge is 0.370 e. The second-order valence-corrected chi connectivity index (χ2v) is 6.48. The van der Waals surface area contributed by atoms with Gasteiger partial charge in [0.2, 0.25) is 0 Å². The van der Waals surface area contributed by atoms with Crippen LogP contribution in [0.1, 0.15) is 11.5 Å². The van der Waals surface area contributed by atoms with Crippen molar-refractivity contribution >= 4 is 32.4 Å². The van der Waals surface area contributed by atoms with Crippen molar-refractivity contribution in [2.45, 2.75) is 5.92 Å². The molecule has 0 saturated carbocycles. The first-order chi connectivity index (χ1) is 10.3. The number of hydrogen-bond donors (Lipinski definition) is 0. The van der Waals surface area contributed by atoms with Gasteiger partial charge in [0.25, 0.3) is 0 Å². The molecular formula is C19H16BrN. The molecule has 21 heavy (non-hydrogen) atoms. The van der Waals surface area contributed by atoms with E-state index >= 15 is 0 Å². The standard InChI is InChI=1S/C19H16BrN/c20-18-10-11-19(17-9-5-4-8-16(17)18)21-12-15(13-21)14-6-2-1-3-7-14/h1-11,15H,12-13H2. The van der Waals surface area contributed by atoms with Crippen LogP contribution < -0.4 is 4.90 Å². The van der Waals surface area contributed by atoms with Crippen molar-refractivity contribution in [3.8, 4) is 0 Å². The molecule has 1 aliphatic rings. The third-order valence-corrected chi connectivity index (χ3v) is 5.03. The lowest BCUT2D eigenvalue weighted by molar-refractivity contribution is 0.527. The van der Waals surface area contributed by atoms with Crippen molar-refractivity contribution < 1.29 is 0 Å². The normalized spacial score (nSPS) is 15.2. The Balaban J connectivity index is 1.64. The van der Waals surface area contributed by atoms with Crippen LogP contribution >= 0.6 is 15.9 Å². The lowest BCUT2D eigenvalue weighted by atomic mass is 9.90. The van der Waals surface area contributed by atoms with E-state index < -0.39 is 0 Å². The van der Waals surface area contributed by atoms with Crippen LogP contribution in [0.4, 0.5) is 5.69 Å². The SMILES string of the molecule is Brc1ccc(N2CC(c3ccccc3)C2)c2ccccc12. The number of hydrogen-bond acceptors (Lipinski definition) is 1. The minimum atomic E-state index is 0.661. The van der Waals surface area contributed by atoms with Crippen LogP contribution in [-0.4, -0.2) is 13.1 Å². The second kappa shape index (κ2) is 5.19. The fourth-order valence-corrected chi connectivity index (χ4v) is 3.61. The van der Waals surface area contributed by atoms with Crippen LogP contribution in [0.15, 0.2) is 71.2 Å². The molecule has 1 heterocycles. The summed E-state index contributed by atoms with van der Waals surface area (Å²) in [6.45, 7) is 2.21. The van der Waals surface area contributed by atoms with Crippen LogP contribution in [0.25, 0.3) is 10.8 Å². The molecule has 1 nitrogen and oxygen atoms in total. The Labute approximate surface area is 133 Å². The van der Waals surface area contributed by atoms with Crippen LogP contribution in [0.5, 0.6) is 0 Å². The molecule has 2 heteroatoms. The maximum Gasteiger partial charge on any atom is 0.0447 e. The molecular weight excluding hydrogens is 322 g/mol. The molecule has 0 atom stereocenters. The van der Waals surface area contributed by atoms with Gasteiger partial charge in [-0.3, -0.25) is 0 Å². The topological polar surface area (TPSA) is 3.24 Å². The summed E-state index contributed by atoms with van der Waals surface area (Å²) in [5.74, 6) is 0.661. The monoisotopic (exact) mass is 337 g/mol. The third kappa shape index (κ3) is 2.24. The lowest BCUT2D eigenvalue weighted by Gasteiger charge is -2.42. The van der Waals surface area contributed by atoms with E-state index in [1.807, 2.05) is 0 Å². The summed E-state index contributed by atoms with van der Waals surface area (Å²) in [5.41, 5.74) is 2.80. The zero-order chi connectivity index (χ0) is 14.2. The summed E-state index contributed by atoms with van der Waals surface area (Å²) < 4.78 is 1.17. The molecule has 3 aromatic carbocycles. The van der Waals surface area contributed by atoms with Gasteiger partial charge in [-0.05, 0) is 23.1 Å². The first-order valence-corrected chi connectivity index (χ1v) is 8.09. The zero-order valence-corrected chi connectivity index (χ0v) is 13.3. The van der Waals surface area contributed by atoms with Crippen molar-refractivity contribution in [1.82, 2.24) is 0 Å². The maximum atomic E-state index is 3.65. The molecule has 0 unspecified atom stereocenters. The predicted molar refractivity (Wildman–Crippen MR) is 93.0 cm³/mol. The van der Waals surface area contributed by atoms with Gasteiger partial charge in [-0.1, -0.05) is 70.5 Å². The summed E-state index contributed by atoms with van der Waals surface area (Å²) in [6, 6.07) is 23.8. The van der Waals surface area contributed by atoms with Gasteiger partial charge in [-0.2, -0.15) is 0 Å². The van der Waals surface area contributed by atoms with E-state index in [0.29, 0.717) is 5.92 Å². The lowest BCUT2D eigenvalue weighted by Crippen LogP contribution is -2.45. The average Bonchev–Trinajstić information content (AvgIpc) is 2.49. The summed E-state index contributed by atoms with van der Waals surface area (Å²) >= 11 is 3.65. The van der Waals surface area contributed by atoms with E-state index in [2.05, 4.69) is 87.6 Å². The molecule has 104 valence electrons. The smallest absolute Gasteiger partial charge is 0.0447 e. The van der Waals surface area contributed by atoms with Gasteiger partial charge >= 0.3 is 0 Å². The number of rotatable bonds is 2. The maximum absolute atomic E-state index is 3.65. The van der Waals surface area contributed by atoms with E-state index in [0.717, 1.165) is 13.1 Å². The number of anilines is 1. The molecule has 0 N–H and O–H groups in total. The molecule has 1 aliphatic heterocycles. The predicted octanol–water partition coefficient (Wildman–Crippen LogP) is 5.21. The third-order valence-electron chi connectivity index (χ3n) is 4.34. The van der Waals surface area contributed by atoms with Gasteiger partial charge in [0.15, 0.2) is 0 Å². The average molecular weight is 338 g/mol. The molecule has 0 bridgehead atoms. The van der Waals surface area contributed by atoms with Crippen molar-refractivity contribution in [2.75, 3.05) is 18.0 Å². The summed E-state index contributed by atoms with van der Waals surface area (Å²) in [4.78, 5) is 2.48. The molecule has 1 fully saturated rings. The Morgan fingerprint density at radius 3 is 2.19 bits per heavy atom. The number of nitrogens with zero attached hydrogens (tertiary/aromatic N) is 1. The first-order valence-electron chi connectivity index (χ1n) is 7.30. The number of fused-ring (bicyclic) bond motifs is 1. The van der Waals surface area contributed by atoms with Crippen molar-refractivity contribution in [3.05, 3.63) is 76.8 Å². The van der Waals surface area contributed by atoms with Crippen LogP contribution in [0.2, 0.25) is 0 Å². The Morgan fingerprint density at radius 2 is 1.43 bits per heavy atom.